The van der Waals surface area contributed by atoms with E-state index in [9.17, 15) is 14.4 Å². The fraction of sp³-hybridized carbons (Fsp3) is 0.500. The number of nitrogens with zero attached hydrogens (tertiary/aromatic N) is 2. The Morgan fingerprint density at radius 2 is 1.65 bits per heavy atom. The van der Waals surface area contributed by atoms with Gasteiger partial charge >= 0.3 is 12.0 Å². The maximum absolute atomic E-state index is 13.9. The third kappa shape index (κ3) is 5.97. The van der Waals surface area contributed by atoms with E-state index in [0.717, 1.165) is 42.5 Å². The Kier molecular flexibility index (Phi) is 7.90. The summed E-state index contributed by atoms with van der Waals surface area (Å²) in [6, 6.07) is 15.5. The molecule has 0 bridgehead atoms. The average molecular weight is 506 g/mol. The number of para-hydroxylation sites is 1. The molecule has 3 amide bonds. The number of aryl methyl sites for hydroxylation is 1. The van der Waals surface area contributed by atoms with E-state index >= 15 is 0 Å². The Hall–Kier alpha value is -3.35. The van der Waals surface area contributed by atoms with Gasteiger partial charge in [-0.15, -0.1) is 0 Å². The number of hydrogen-bond donors (Lipinski definition) is 2. The topological polar surface area (TPSA) is 89.9 Å². The molecule has 2 aromatic carbocycles. The van der Waals surface area contributed by atoms with E-state index in [-0.39, 0.29) is 42.4 Å². The standard InChI is InChI=1S/C30H39N3O4/c1-20-7-5-6-8-25(20)32-19-26(21-9-11-22(12-10-21)28(36)31-18-17-27(34)35)33(29(32)37)24-15-13-23(14-16-24)30(2,3)4/h5-12,23-24,26H,13-19H2,1-4H3,(H,31,36)(H,34,35). The summed E-state index contributed by atoms with van der Waals surface area (Å²) in [6.45, 7) is 9.60. The summed E-state index contributed by atoms with van der Waals surface area (Å²) in [5, 5.41) is 11.4. The second-order valence-electron chi connectivity index (χ2n) is 11.5. The van der Waals surface area contributed by atoms with Gasteiger partial charge in [0.05, 0.1) is 19.0 Å². The normalized spacial score (nSPS) is 22.3. The van der Waals surface area contributed by atoms with Crippen LogP contribution in [0.5, 0.6) is 0 Å². The van der Waals surface area contributed by atoms with Crippen molar-refractivity contribution in [1.82, 2.24) is 10.2 Å². The second-order valence-corrected chi connectivity index (χ2v) is 11.5. The molecule has 2 fully saturated rings. The zero-order valence-corrected chi connectivity index (χ0v) is 22.4. The molecule has 1 aliphatic heterocycles. The molecular weight excluding hydrogens is 466 g/mol. The molecule has 1 saturated heterocycles. The van der Waals surface area contributed by atoms with Crippen LogP contribution < -0.4 is 10.2 Å². The molecule has 1 heterocycles. The minimum absolute atomic E-state index is 0.0500. The first-order valence-corrected chi connectivity index (χ1v) is 13.3. The number of anilines is 1. The van der Waals surface area contributed by atoms with Crippen molar-refractivity contribution in [1.29, 1.82) is 0 Å². The molecule has 2 aromatic rings. The fourth-order valence-electron chi connectivity index (χ4n) is 5.82. The minimum Gasteiger partial charge on any atom is -0.481 e. The maximum atomic E-state index is 13.9. The highest BCUT2D eigenvalue weighted by Crippen LogP contribution is 2.43. The van der Waals surface area contributed by atoms with Gasteiger partial charge in [-0.3, -0.25) is 14.5 Å². The number of rotatable bonds is 7. The lowest BCUT2D eigenvalue weighted by molar-refractivity contribution is -0.136. The van der Waals surface area contributed by atoms with Gasteiger partial charge in [-0.1, -0.05) is 51.1 Å². The first-order valence-electron chi connectivity index (χ1n) is 13.3. The Balaban J connectivity index is 1.57. The average Bonchev–Trinajstić information content (AvgIpc) is 3.20. The first-order chi connectivity index (χ1) is 17.6. The highest BCUT2D eigenvalue weighted by Gasteiger charge is 2.44. The van der Waals surface area contributed by atoms with Crippen molar-refractivity contribution in [3.05, 3.63) is 65.2 Å². The number of benzene rings is 2. The second kappa shape index (κ2) is 11.0. The Morgan fingerprint density at radius 3 is 2.24 bits per heavy atom. The van der Waals surface area contributed by atoms with Crippen LogP contribution in [0.15, 0.2) is 48.5 Å². The van der Waals surface area contributed by atoms with E-state index in [1.165, 1.54) is 0 Å². The highest BCUT2D eigenvalue weighted by atomic mass is 16.4. The largest absolute Gasteiger partial charge is 0.481 e. The molecule has 0 spiro atoms. The molecule has 7 nitrogen and oxygen atoms in total. The summed E-state index contributed by atoms with van der Waals surface area (Å²) in [5.74, 6) is -0.586. The number of carbonyl (C=O) groups excluding carboxylic acids is 2. The smallest absolute Gasteiger partial charge is 0.325 e. The summed E-state index contributed by atoms with van der Waals surface area (Å²) in [6.07, 6.45) is 4.11. The molecule has 4 rings (SSSR count). The van der Waals surface area contributed by atoms with Crippen LogP contribution >= 0.6 is 0 Å². The van der Waals surface area contributed by atoms with Crippen LogP contribution in [0.2, 0.25) is 0 Å². The lowest BCUT2D eigenvalue weighted by Gasteiger charge is -2.41. The van der Waals surface area contributed by atoms with Crippen LogP contribution in [0.3, 0.4) is 0 Å². The van der Waals surface area contributed by atoms with Gasteiger partial charge in [-0.05, 0) is 73.3 Å². The van der Waals surface area contributed by atoms with Crippen molar-refractivity contribution in [2.45, 2.75) is 71.9 Å². The number of amides is 3. The van der Waals surface area contributed by atoms with Crippen LogP contribution in [-0.4, -0.2) is 47.0 Å². The van der Waals surface area contributed by atoms with Crippen LogP contribution in [-0.2, 0) is 4.79 Å². The summed E-state index contributed by atoms with van der Waals surface area (Å²) in [5.41, 5.74) is 3.77. The van der Waals surface area contributed by atoms with Crippen molar-refractivity contribution >= 4 is 23.6 Å². The SMILES string of the molecule is Cc1ccccc1N1CC(c2ccc(C(=O)NCCC(=O)O)cc2)N(C2CCC(C(C)(C)C)CC2)C1=O. The van der Waals surface area contributed by atoms with Gasteiger partial charge in [-0.2, -0.15) is 0 Å². The lowest BCUT2D eigenvalue weighted by Crippen LogP contribution is -2.43. The summed E-state index contributed by atoms with van der Waals surface area (Å²) in [7, 11) is 0. The van der Waals surface area contributed by atoms with Gasteiger partial charge in [0.15, 0.2) is 0 Å². The van der Waals surface area contributed by atoms with Gasteiger partial charge < -0.3 is 15.3 Å². The zero-order chi connectivity index (χ0) is 26.7. The van der Waals surface area contributed by atoms with Crippen molar-refractivity contribution in [2.75, 3.05) is 18.0 Å². The van der Waals surface area contributed by atoms with Crippen LogP contribution in [0.4, 0.5) is 10.5 Å². The molecule has 0 aromatic heterocycles. The molecule has 198 valence electrons. The number of carbonyl (C=O) groups is 3. The molecule has 37 heavy (non-hydrogen) atoms. The van der Waals surface area contributed by atoms with Gasteiger partial charge in [0.2, 0.25) is 0 Å². The quantitative estimate of drug-likeness (QED) is 0.499. The molecule has 1 atom stereocenters. The van der Waals surface area contributed by atoms with E-state index in [1.54, 1.807) is 12.1 Å². The number of carboxylic acid groups (broad SMARTS) is 1. The van der Waals surface area contributed by atoms with Crippen LogP contribution in [0.25, 0.3) is 0 Å². The number of urea groups is 1. The summed E-state index contributed by atoms with van der Waals surface area (Å²) < 4.78 is 0. The number of nitrogens with one attached hydrogen (secondary N) is 1. The van der Waals surface area contributed by atoms with Gasteiger partial charge in [-0.25, -0.2) is 4.79 Å². The Labute approximate surface area is 219 Å². The van der Waals surface area contributed by atoms with E-state index in [2.05, 4.69) is 31.0 Å². The third-order valence-corrected chi connectivity index (χ3v) is 8.05. The predicted molar refractivity (Wildman–Crippen MR) is 145 cm³/mol. The molecule has 0 radical (unpaired) electrons. The van der Waals surface area contributed by atoms with Crippen molar-refractivity contribution < 1.29 is 19.5 Å². The van der Waals surface area contributed by atoms with E-state index in [0.29, 0.717) is 18.0 Å². The Bertz CT molecular complexity index is 1130. The van der Waals surface area contributed by atoms with Crippen LogP contribution in [0, 0.1) is 18.3 Å². The summed E-state index contributed by atoms with van der Waals surface area (Å²) in [4.78, 5) is 41.1. The van der Waals surface area contributed by atoms with Crippen molar-refractivity contribution in [3.63, 3.8) is 0 Å². The number of hydrogen-bond acceptors (Lipinski definition) is 3. The molecule has 7 heteroatoms. The monoisotopic (exact) mass is 505 g/mol. The molecule has 2 aliphatic rings. The Morgan fingerprint density at radius 1 is 1.00 bits per heavy atom. The molecular formula is C30H39N3O4. The number of aliphatic carboxylic acids is 1. The fourth-order valence-corrected chi connectivity index (χ4v) is 5.82. The highest BCUT2D eigenvalue weighted by molar-refractivity contribution is 5.96. The van der Waals surface area contributed by atoms with E-state index < -0.39 is 5.97 Å². The maximum Gasteiger partial charge on any atom is 0.325 e. The van der Waals surface area contributed by atoms with Gasteiger partial charge in [0.1, 0.15) is 0 Å². The molecule has 1 saturated carbocycles. The molecule has 1 aliphatic carbocycles. The minimum atomic E-state index is -0.948. The summed E-state index contributed by atoms with van der Waals surface area (Å²) >= 11 is 0. The van der Waals surface area contributed by atoms with Crippen molar-refractivity contribution in [2.24, 2.45) is 11.3 Å². The predicted octanol–water partition coefficient (Wildman–Crippen LogP) is 5.79. The lowest BCUT2D eigenvalue weighted by atomic mass is 9.71. The van der Waals surface area contributed by atoms with Crippen LogP contribution in [0.1, 0.15) is 80.4 Å². The molecule has 1 unspecified atom stereocenters. The zero-order valence-electron chi connectivity index (χ0n) is 22.4. The van der Waals surface area contributed by atoms with Crippen molar-refractivity contribution in [3.8, 4) is 0 Å². The molecule has 2 N–H and O–H groups in total. The van der Waals surface area contributed by atoms with Gasteiger partial charge in [0, 0.05) is 23.8 Å². The van der Waals surface area contributed by atoms with E-state index in [4.69, 9.17) is 5.11 Å². The van der Waals surface area contributed by atoms with Gasteiger partial charge in [0.25, 0.3) is 5.91 Å². The number of carboxylic acids is 1. The first kappa shape index (κ1) is 26.7. The third-order valence-electron chi connectivity index (χ3n) is 8.05. The van der Waals surface area contributed by atoms with E-state index in [1.807, 2.05) is 48.2 Å².